The number of carbonyl (C=O) groups is 2. The van der Waals surface area contributed by atoms with Crippen molar-refractivity contribution in [1.82, 2.24) is 20.8 Å². The summed E-state index contributed by atoms with van der Waals surface area (Å²) in [7, 11) is 0. The molecule has 0 aliphatic carbocycles. The van der Waals surface area contributed by atoms with Gasteiger partial charge in [-0.15, -0.1) is 10.2 Å². The predicted octanol–water partition coefficient (Wildman–Crippen LogP) is 2.08. The summed E-state index contributed by atoms with van der Waals surface area (Å²) < 4.78 is 24.5. The number of halogens is 1. The highest BCUT2D eigenvalue weighted by Gasteiger charge is 2.18. The van der Waals surface area contributed by atoms with Gasteiger partial charge in [0.15, 0.2) is 17.7 Å². The Morgan fingerprint density at radius 2 is 2.04 bits per heavy atom. The summed E-state index contributed by atoms with van der Waals surface area (Å²) in [6, 6.07) is 6.01. The Balaban J connectivity index is 1.77. The van der Waals surface area contributed by atoms with Crippen LogP contribution in [0.1, 0.15) is 32.3 Å². The molecule has 2 N–H and O–H groups in total. The van der Waals surface area contributed by atoms with E-state index in [1.807, 2.05) is 6.92 Å². The number of carbonyl (C=O) groups excluding carboxylic acids is 2. The molecule has 0 radical (unpaired) electrons. The van der Waals surface area contributed by atoms with Crippen LogP contribution in [0.5, 0.6) is 5.75 Å². The first-order chi connectivity index (χ1) is 13.0. The van der Waals surface area contributed by atoms with Gasteiger partial charge in [-0.3, -0.25) is 9.59 Å². The molecule has 0 bridgehead atoms. The van der Waals surface area contributed by atoms with Crippen molar-refractivity contribution < 1.29 is 23.1 Å². The van der Waals surface area contributed by atoms with Crippen molar-refractivity contribution in [3.8, 4) is 5.75 Å². The van der Waals surface area contributed by atoms with E-state index in [9.17, 15) is 14.0 Å². The van der Waals surface area contributed by atoms with Crippen molar-refractivity contribution >= 4 is 23.6 Å². The first kappa shape index (κ1) is 20.7. The molecule has 2 amide bonds. The third-order valence-electron chi connectivity index (χ3n) is 3.26. The molecule has 0 saturated heterocycles. The molecule has 0 unspecified atom stereocenters. The smallest absolute Gasteiger partial charge is 0.277 e. The van der Waals surface area contributed by atoms with Gasteiger partial charge < -0.3 is 19.8 Å². The largest absolute Gasteiger partial charge is 0.478 e. The average Bonchev–Trinajstić information content (AvgIpc) is 3.14. The van der Waals surface area contributed by atoms with E-state index in [2.05, 4.69) is 20.8 Å². The molecule has 27 heavy (non-hydrogen) atoms. The molecule has 0 saturated carbocycles. The average molecular weight is 396 g/mol. The maximum atomic E-state index is 13.6. The van der Waals surface area contributed by atoms with Crippen LogP contribution >= 0.6 is 11.8 Å². The van der Waals surface area contributed by atoms with Gasteiger partial charge in [0.25, 0.3) is 11.1 Å². The Morgan fingerprint density at radius 1 is 1.26 bits per heavy atom. The van der Waals surface area contributed by atoms with E-state index in [0.717, 1.165) is 18.2 Å². The standard InChI is InChI=1S/C17H21FN4O4S/c1-3-8-19-14(23)9-20-15(24)10-27-17-22-21-16(26-17)11(2)25-13-7-5-4-6-12(13)18/h4-7,11H,3,8-10H2,1-2H3,(H,19,23)(H,20,24)/t11-/m1/s1. The van der Waals surface area contributed by atoms with E-state index < -0.39 is 11.9 Å². The predicted molar refractivity (Wildman–Crippen MR) is 96.8 cm³/mol. The fourth-order valence-corrected chi connectivity index (χ4v) is 2.51. The van der Waals surface area contributed by atoms with E-state index >= 15 is 0 Å². The molecule has 0 aliphatic heterocycles. The second kappa shape index (κ2) is 10.5. The Hall–Kier alpha value is -2.62. The highest BCUT2D eigenvalue weighted by Crippen LogP contribution is 2.25. The molecule has 1 heterocycles. The lowest BCUT2D eigenvalue weighted by molar-refractivity contribution is -0.124. The van der Waals surface area contributed by atoms with Crippen molar-refractivity contribution in [2.75, 3.05) is 18.8 Å². The third kappa shape index (κ3) is 6.89. The normalized spacial score (nSPS) is 11.7. The maximum absolute atomic E-state index is 13.6. The van der Waals surface area contributed by atoms with Gasteiger partial charge in [-0.25, -0.2) is 4.39 Å². The van der Waals surface area contributed by atoms with E-state index in [1.54, 1.807) is 19.1 Å². The SMILES string of the molecule is CCCNC(=O)CNC(=O)CSc1nnc([C@@H](C)Oc2ccccc2F)o1. The molecule has 2 aromatic rings. The molecule has 1 atom stereocenters. The number of aromatic nitrogens is 2. The van der Waals surface area contributed by atoms with Crippen molar-refractivity contribution in [1.29, 1.82) is 0 Å². The Morgan fingerprint density at radius 3 is 2.78 bits per heavy atom. The Labute approximate surface area is 160 Å². The molecule has 2 rings (SSSR count). The molecule has 1 aromatic carbocycles. The molecule has 0 fully saturated rings. The maximum Gasteiger partial charge on any atom is 0.277 e. The minimum absolute atomic E-state index is 0.0191. The first-order valence-electron chi connectivity index (χ1n) is 8.40. The second-order valence-electron chi connectivity index (χ2n) is 5.51. The molecule has 10 heteroatoms. The van der Waals surface area contributed by atoms with Gasteiger partial charge in [-0.05, 0) is 25.5 Å². The zero-order chi connectivity index (χ0) is 19.6. The molecule has 1 aromatic heterocycles. The molecule has 146 valence electrons. The lowest BCUT2D eigenvalue weighted by atomic mass is 10.3. The second-order valence-corrected chi connectivity index (χ2v) is 6.44. The number of thioether (sulfide) groups is 1. The van der Waals surface area contributed by atoms with Gasteiger partial charge in [0.2, 0.25) is 11.8 Å². The van der Waals surface area contributed by atoms with Gasteiger partial charge in [0.1, 0.15) is 0 Å². The van der Waals surface area contributed by atoms with E-state index in [-0.39, 0.29) is 41.0 Å². The molecule has 8 nitrogen and oxygen atoms in total. The van der Waals surface area contributed by atoms with Crippen LogP contribution in [0.4, 0.5) is 4.39 Å². The number of hydrogen-bond acceptors (Lipinski definition) is 7. The number of nitrogens with zero attached hydrogens (tertiary/aromatic N) is 2. The molecule has 0 spiro atoms. The van der Waals surface area contributed by atoms with Crippen LogP contribution in [0.15, 0.2) is 33.9 Å². The highest BCUT2D eigenvalue weighted by molar-refractivity contribution is 7.99. The number of nitrogens with one attached hydrogen (secondary N) is 2. The minimum Gasteiger partial charge on any atom is -0.478 e. The van der Waals surface area contributed by atoms with Crippen molar-refractivity contribution in [2.45, 2.75) is 31.6 Å². The number of rotatable bonds is 10. The Bertz CT molecular complexity index is 771. The Kier molecular flexibility index (Phi) is 8.05. The first-order valence-corrected chi connectivity index (χ1v) is 9.39. The van der Waals surface area contributed by atoms with Crippen molar-refractivity contribution in [2.24, 2.45) is 0 Å². The lowest BCUT2D eigenvalue weighted by Crippen LogP contribution is -2.37. The number of para-hydroxylation sites is 1. The molecular formula is C17H21FN4O4S. The summed E-state index contributed by atoms with van der Waals surface area (Å²) in [6.45, 7) is 4.08. The fraction of sp³-hybridized carbons (Fsp3) is 0.412. The zero-order valence-electron chi connectivity index (χ0n) is 15.0. The van der Waals surface area contributed by atoms with Gasteiger partial charge in [-0.1, -0.05) is 30.8 Å². The van der Waals surface area contributed by atoms with Crippen LogP contribution in [0.3, 0.4) is 0 Å². The summed E-state index contributed by atoms with van der Waals surface area (Å²) >= 11 is 1.03. The number of ether oxygens (including phenoxy) is 1. The number of benzene rings is 1. The van der Waals surface area contributed by atoms with Crippen LogP contribution in [-0.2, 0) is 9.59 Å². The zero-order valence-corrected chi connectivity index (χ0v) is 15.8. The van der Waals surface area contributed by atoms with Crippen molar-refractivity contribution in [3.05, 3.63) is 36.0 Å². The number of amides is 2. The minimum atomic E-state index is -0.653. The third-order valence-corrected chi connectivity index (χ3v) is 4.07. The monoisotopic (exact) mass is 396 g/mol. The van der Waals surface area contributed by atoms with E-state index in [4.69, 9.17) is 9.15 Å². The quantitative estimate of drug-likeness (QED) is 0.592. The summed E-state index contributed by atoms with van der Waals surface area (Å²) in [5.74, 6) is -0.793. The van der Waals surface area contributed by atoms with Crippen LogP contribution in [0, 0.1) is 5.82 Å². The van der Waals surface area contributed by atoms with E-state index in [1.165, 1.54) is 12.1 Å². The van der Waals surface area contributed by atoms with Gasteiger partial charge in [0, 0.05) is 6.54 Å². The fourth-order valence-electron chi connectivity index (χ4n) is 1.91. The number of hydrogen-bond donors (Lipinski definition) is 2. The van der Waals surface area contributed by atoms with Crippen LogP contribution < -0.4 is 15.4 Å². The van der Waals surface area contributed by atoms with E-state index in [0.29, 0.717) is 6.54 Å². The van der Waals surface area contributed by atoms with Crippen molar-refractivity contribution in [3.63, 3.8) is 0 Å². The van der Waals surface area contributed by atoms with Gasteiger partial charge in [0.05, 0.1) is 12.3 Å². The summed E-state index contributed by atoms with van der Waals surface area (Å²) in [5, 5.41) is 13.0. The summed E-state index contributed by atoms with van der Waals surface area (Å²) in [6.07, 6.45) is 0.175. The van der Waals surface area contributed by atoms with Crippen LogP contribution in [0.2, 0.25) is 0 Å². The van der Waals surface area contributed by atoms with Crippen LogP contribution in [-0.4, -0.2) is 40.9 Å². The van der Waals surface area contributed by atoms with Gasteiger partial charge >= 0.3 is 0 Å². The van der Waals surface area contributed by atoms with Gasteiger partial charge in [-0.2, -0.15) is 0 Å². The lowest BCUT2D eigenvalue weighted by Gasteiger charge is -2.11. The molecular weight excluding hydrogens is 375 g/mol. The summed E-state index contributed by atoms with van der Waals surface area (Å²) in [5.41, 5.74) is 0. The molecule has 0 aliphatic rings. The topological polar surface area (TPSA) is 106 Å². The highest BCUT2D eigenvalue weighted by atomic mass is 32.2. The van der Waals surface area contributed by atoms with Crippen LogP contribution in [0.25, 0.3) is 0 Å². The summed E-state index contributed by atoms with van der Waals surface area (Å²) in [4.78, 5) is 23.2.